The maximum Gasteiger partial charge on any atom is 0.306 e. The highest BCUT2D eigenvalue weighted by Crippen LogP contribution is 2.29. The molecule has 1 aromatic carbocycles. The van der Waals surface area contributed by atoms with Gasteiger partial charge in [0.2, 0.25) is 0 Å². The number of ether oxygens (including phenoxy) is 1. The zero-order valence-electron chi connectivity index (χ0n) is 12.4. The van der Waals surface area contributed by atoms with Crippen molar-refractivity contribution in [3.63, 3.8) is 0 Å². The molecule has 0 aliphatic carbocycles. The number of methoxy groups -OCH3 is 1. The van der Waals surface area contributed by atoms with Crippen molar-refractivity contribution in [2.75, 3.05) is 13.7 Å². The van der Waals surface area contributed by atoms with Gasteiger partial charge in [-0.05, 0) is 17.4 Å². The van der Waals surface area contributed by atoms with Crippen molar-refractivity contribution in [3.05, 3.63) is 35.9 Å². The summed E-state index contributed by atoms with van der Waals surface area (Å²) in [6.45, 7) is 7.32. The number of rotatable bonds is 6. The number of esters is 1. The molecule has 0 spiro atoms. The summed E-state index contributed by atoms with van der Waals surface area (Å²) >= 11 is 0. The van der Waals surface area contributed by atoms with Gasteiger partial charge in [0.25, 0.3) is 0 Å². The van der Waals surface area contributed by atoms with E-state index in [0.717, 1.165) is 6.42 Å². The highest BCUT2D eigenvalue weighted by Gasteiger charge is 2.19. The lowest BCUT2D eigenvalue weighted by atomic mass is 9.85. The van der Waals surface area contributed by atoms with Gasteiger partial charge in [0.1, 0.15) is 0 Å². The van der Waals surface area contributed by atoms with Crippen molar-refractivity contribution in [1.29, 1.82) is 0 Å². The number of nitrogens with one attached hydrogen (secondary N) is 1. The lowest BCUT2D eigenvalue weighted by molar-refractivity contribution is -0.140. The van der Waals surface area contributed by atoms with Crippen LogP contribution in [0.15, 0.2) is 30.3 Å². The summed E-state index contributed by atoms with van der Waals surface area (Å²) in [6, 6.07) is 10.6. The predicted octanol–water partition coefficient (Wildman–Crippen LogP) is 3.32. The zero-order chi connectivity index (χ0) is 14.3. The van der Waals surface area contributed by atoms with Crippen LogP contribution in [-0.2, 0) is 9.53 Å². The topological polar surface area (TPSA) is 38.3 Å². The monoisotopic (exact) mass is 263 g/mol. The Balaban J connectivity index is 2.63. The van der Waals surface area contributed by atoms with Gasteiger partial charge in [-0.3, -0.25) is 4.79 Å². The summed E-state index contributed by atoms with van der Waals surface area (Å²) in [6.07, 6.45) is 1.43. The van der Waals surface area contributed by atoms with Crippen LogP contribution in [0.25, 0.3) is 0 Å². The fourth-order valence-corrected chi connectivity index (χ4v) is 2.06. The fraction of sp³-hybridized carbons (Fsp3) is 0.562. The second-order valence-electron chi connectivity index (χ2n) is 6.01. The molecule has 1 rings (SSSR count). The van der Waals surface area contributed by atoms with Crippen LogP contribution in [0.5, 0.6) is 0 Å². The van der Waals surface area contributed by atoms with Gasteiger partial charge in [0, 0.05) is 12.6 Å². The lowest BCUT2D eigenvalue weighted by Gasteiger charge is -2.27. The van der Waals surface area contributed by atoms with E-state index in [1.807, 2.05) is 18.2 Å². The minimum absolute atomic E-state index is 0.171. The van der Waals surface area contributed by atoms with Crippen molar-refractivity contribution in [3.8, 4) is 0 Å². The van der Waals surface area contributed by atoms with Crippen molar-refractivity contribution in [2.45, 2.75) is 39.7 Å². The molecule has 0 saturated heterocycles. The Labute approximate surface area is 116 Å². The molecule has 0 amide bonds. The summed E-state index contributed by atoms with van der Waals surface area (Å²) < 4.78 is 4.66. The molecule has 0 fully saturated rings. The third-order valence-electron chi connectivity index (χ3n) is 2.97. The van der Waals surface area contributed by atoms with Crippen LogP contribution < -0.4 is 5.32 Å². The molecule has 1 unspecified atom stereocenters. The summed E-state index contributed by atoms with van der Waals surface area (Å²) in [5.41, 5.74) is 1.50. The molecule has 0 aliphatic heterocycles. The number of hydrogen-bond donors (Lipinski definition) is 1. The standard InChI is InChI=1S/C16H25NO2/c1-16(2,3)12-14(13-8-6-5-7-9-13)17-11-10-15(18)19-4/h5-9,14,17H,10-12H2,1-4H3. The number of benzene rings is 1. The Morgan fingerprint density at radius 2 is 1.89 bits per heavy atom. The number of hydrogen-bond acceptors (Lipinski definition) is 3. The molecule has 0 bridgehead atoms. The van der Waals surface area contributed by atoms with Crippen molar-refractivity contribution in [1.82, 2.24) is 5.32 Å². The highest BCUT2D eigenvalue weighted by molar-refractivity contribution is 5.69. The zero-order valence-corrected chi connectivity index (χ0v) is 12.4. The van der Waals surface area contributed by atoms with Crippen LogP contribution in [0.3, 0.4) is 0 Å². The molecule has 3 nitrogen and oxygen atoms in total. The van der Waals surface area contributed by atoms with E-state index >= 15 is 0 Å². The van der Waals surface area contributed by atoms with E-state index in [4.69, 9.17) is 0 Å². The molecule has 106 valence electrons. The number of carbonyl (C=O) groups excluding carboxylic acids is 1. The quantitative estimate of drug-likeness (QED) is 0.800. The van der Waals surface area contributed by atoms with E-state index in [9.17, 15) is 4.79 Å². The van der Waals surface area contributed by atoms with Crippen molar-refractivity contribution >= 4 is 5.97 Å². The van der Waals surface area contributed by atoms with E-state index in [1.54, 1.807) is 0 Å². The summed E-state index contributed by atoms with van der Waals surface area (Å²) in [5, 5.41) is 3.46. The molecule has 1 N–H and O–H groups in total. The summed E-state index contributed by atoms with van der Waals surface area (Å²) in [7, 11) is 1.42. The first-order chi connectivity index (χ1) is 8.92. The minimum Gasteiger partial charge on any atom is -0.469 e. The molecular weight excluding hydrogens is 238 g/mol. The molecule has 1 aromatic rings. The Kier molecular flexibility index (Phi) is 6.03. The Morgan fingerprint density at radius 1 is 1.26 bits per heavy atom. The van der Waals surface area contributed by atoms with E-state index < -0.39 is 0 Å². The lowest BCUT2D eigenvalue weighted by Crippen LogP contribution is -2.28. The van der Waals surface area contributed by atoms with Gasteiger partial charge in [-0.1, -0.05) is 51.1 Å². The molecule has 0 radical (unpaired) electrons. The largest absolute Gasteiger partial charge is 0.469 e. The highest BCUT2D eigenvalue weighted by atomic mass is 16.5. The average molecular weight is 263 g/mol. The third kappa shape index (κ3) is 6.39. The smallest absolute Gasteiger partial charge is 0.306 e. The van der Waals surface area contributed by atoms with Crippen molar-refractivity contribution in [2.24, 2.45) is 5.41 Å². The molecule has 19 heavy (non-hydrogen) atoms. The van der Waals surface area contributed by atoms with Crippen molar-refractivity contribution < 1.29 is 9.53 Å². The maximum absolute atomic E-state index is 11.2. The van der Waals surface area contributed by atoms with Gasteiger partial charge in [-0.15, -0.1) is 0 Å². The van der Waals surface area contributed by atoms with Gasteiger partial charge in [0.15, 0.2) is 0 Å². The molecule has 0 saturated carbocycles. The number of carbonyl (C=O) groups is 1. The molecule has 3 heteroatoms. The van der Waals surface area contributed by atoms with Crippen LogP contribution in [0.4, 0.5) is 0 Å². The summed E-state index contributed by atoms with van der Waals surface area (Å²) in [4.78, 5) is 11.2. The normalized spacial score (nSPS) is 13.1. The SMILES string of the molecule is COC(=O)CCNC(CC(C)(C)C)c1ccccc1. The second-order valence-corrected chi connectivity index (χ2v) is 6.01. The van der Waals surface area contributed by atoms with Crippen LogP contribution in [0.2, 0.25) is 0 Å². The van der Waals surface area contributed by atoms with Gasteiger partial charge >= 0.3 is 5.97 Å². The first-order valence-corrected chi connectivity index (χ1v) is 6.77. The molecular formula is C16H25NO2. The fourth-order valence-electron chi connectivity index (χ4n) is 2.06. The molecule has 1 atom stereocenters. The van der Waals surface area contributed by atoms with Crippen LogP contribution >= 0.6 is 0 Å². The van der Waals surface area contributed by atoms with E-state index in [0.29, 0.717) is 13.0 Å². The average Bonchev–Trinajstić information content (AvgIpc) is 2.37. The third-order valence-corrected chi connectivity index (χ3v) is 2.97. The molecule has 0 aliphatic rings. The van der Waals surface area contributed by atoms with Crippen LogP contribution in [0.1, 0.15) is 45.2 Å². The second kappa shape index (κ2) is 7.29. The first-order valence-electron chi connectivity index (χ1n) is 6.77. The molecule has 0 heterocycles. The Bertz CT molecular complexity index is 381. The first kappa shape index (κ1) is 15.7. The van der Waals surface area contributed by atoms with E-state index in [-0.39, 0.29) is 17.4 Å². The van der Waals surface area contributed by atoms with E-state index in [2.05, 4.69) is 43.0 Å². The maximum atomic E-state index is 11.2. The van der Waals surface area contributed by atoms with Crippen LogP contribution in [-0.4, -0.2) is 19.6 Å². The van der Waals surface area contributed by atoms with Gasteiger partial charge < -0.3 is 10.1 Å². The van der Waals surface area contributed by atoms with Gasteiger partial charge in [-0.2, -0.15) is 0 Å². The Hall–Kier alpha value is -1.35. The Morgan fingerprint density at radius 3 is 2.42 bits per heavy atom. The molecule has 0 aromatic heterocycles. The summed E-state index contributed by atoms with van der Waals surface area (Å²) in [5.74, 6) is -0.171. The van der Waals surface area contributed by atoms with Crippen LogP contribution in [0, 0.1) is 5.41 Å². The van der Waals surface area contributed by atoms with E-state index in [1.165, 1.54) is 12.7 Å². The van der Waals surface area contributed by atoms with Gasteiger partial charge in [-0.25, -0.2) is 0 Å². The minimum atomic E-state index is -0.171. The van der Waals surface area contributed by atoms with Gasteiger partial charge in [0.05, 0.1) is 13.5 Å². The predicted molar refractivity (Wildman–Crippen MR) is 77.9 cm³/mol.